The molecule has 0 amide bonds. The van der Waals surface area contributed by atoms with Crippen LogP contribution < -0.4 is 10.0 Å². The third-order valence-electron chi connectivity index (χ3n) is 4.01. The van der Waals surface area contributed by atoms with Gasteiger partial charge in [0, 0.05) is 20.0 Å². The van der Waals surface area contributed by atoms with Crippen LogP contribution in [0.1, 0.15) is 17.8 Å². The maximum atomic E-state index is 4.83. The lowest BCUT2D eigenvalue weighted by Gasteiger charge is -2.16. The molecule has 0 unspecified atom stereocenters. The summed E-state index contributed by atoms with van der Waals surface area (Å²) in [7, 11) is 0. The normalized spacial score (nSPS) is 12.5. The summed E-state index contributed by atoms with van der Waals surface area (Å²) in [5, 5.41) is 3.37. The fourth-order valence-corrected chi connectivity index (χ4v) is 3.82. The van der Waals surface area contributed by atoms with E-state index in [4.69, 9.17) is 9.97 Å². The Kier molecular flexibility index (Phi) is 5.71. The second-order valence-electron chi connectivity index (χ2n) is 6.03. The van der Waals surface area contributed by atoms with Gasteiger partial charge in [0.25, 0.3) is 0 Å². The molecule has 0 saturated carbocycles. The Balaban J connectivity index is 1.63. The minimum absolute atomic E-state index is 0.698. The Bertz CT molecular complexity index is 990. The minimum Gasteiger partial charge on any atom is -0.337 e. The SMILES string of the molecule is Sc1cccc(Nc2nc3c(nc2NSc2ccc(Br)cc2)CCC=C3)c1. The van der Waals surface area contributed by atoms with Crippen molar-refractivity contribution >= 4 is 63.9 Å². The van der Waals surface area contributed by atoms with E-state index in [9.17, 15) is 0 Å². The number of hydrogen-bond donors (Lipinski definition) is 3. The zero-order valence-corrected chi connectivity index (χ0v) is 17.6. The molecule has 0 radical (unpaired) electrons. The molecule has 2 N–H and O–H groups in total. The molecular formula is C20H17BrN4S2. The van der Waals surface area contributed by atoms with Gasteiger partial charge < -0.3 is 10.0 Å². The maximum absolute atomic E-state index is 4.83. The average molecular weight is 457 g/mol. The van der Waals surface area contributed by atoms with Crippen LogP contribution in [0.5, 0.6) is 0 Å². The molecule has 1 aliphatic carbocycles. The van der Waals surface area contributed by atoms with Gasteiger partial charge in [0.15, 0.2) is 11.6 Å². The van der Waals surface area contributed by atoms with Gasteiger partial charge in [-0.2, -0.15) is 0 Å². The first-order chi connectivity index (χ1) is 13.2. The zero-order chi connectivity index (χ0) is 18.6. The van der Waals surface area contributed by atoms with Crippen molar-refractivity contribution in [2.24, 2.45) is 0 Å². The number of anilines is 3. The zero-order valence-electron chi connectivity index (χ0n) is 14.3. The maximum Gasteiger partial charge on any atom is 0.180 e. The van der Waals surface area contributed by atoms with Gasteiger partial charge in [0.1, 0.15) is 0 Å². The van der Waals surface area contributed by atoms with Crippen molar-refractivity contribution < 1.29 is 0 Å². The predicted octanol–water partition coefficient (Wildman–Crippen LogP) is 6.35. The molecule has 0 spiro atoms. The Morgan fingerprint density at radius 2 is 1.89 bits per heavy atom. The van der Waals surface area contributed by atoms with Crippen LogP contribution in [0, 0.1) is 0 Å². The molecule has 4 nitrogen and oxygen atoms in total. The highest BCUT2D eigenvalue weighted by molar-refractivity contribution is 9.10. The van der Waals surface area contributed by atoms with Crippen LogP contribution in [0.4, 0.5) is 17.3 Å². The van der Waals surface area contributed by atoms with Crippen molar-refractivity contribution in [3.05, 3.63) is 70.5 Å². The highest BCUT2D eigenvalue weighted by Gasteiger charge is 2.15. The molecule has 1 aliphatic rings. The molecule has 136 valence electrons. The van der Waals surface area contributed by atoms with Crippen LogP contribution in [-0.4, -0.2) is 9.97 Å². The number of rotatable bonds is 5. The molecule has 1 heterocycles. The first kappa shape index (κ1) is 18.4. The quantitative estimate of drug-likeness (QED) is 0.308. The Morgan fingerprint density at radius 3 is 2.70 bits per heavy atom. The minimum atomic E-state index is 0.698. The van der Waals surface area contributed by atoms with Crippen molar-refractivity contribution in [3.8, 4) is 0 Å². The van der Waals surface area contributed by atoms with Crippen LogP contribution in [0.3, 0.4) is 0 Å². The number of thiol groups is 1. The van der Waals surface area contributed by atoms with E-state index in [2.05, 4.69) is 44.7 Å². The van der Waals surface area contributed by atoms with E-state index >= 15 is 0 Å². The lowest BCUT2D eigenvalue weighted by atomic mass is 10.1. The molecule has 27 heavy (non-hydrogen) atoms. The van der Waals surface area contributed by atoms with Gasteiger partial charge in [-0.15, -0.1) is 12.6 Å². The van der Waals surface area contributed by atoms with Gasteiger partial charge in [0.2, 0.25) is 0 Å². The number of allylic oxidation sites excluding steroid dienone is 1. The number of fused-ring (bicyclic) bond motifs is 1. The lowest BCUT2D eigenvalue weighted by molar-refractivity contribution is 0.909. The van der Waals surface area contributed by atoms with Crippen LogP contribution in [0.25, 0.3) is 6.08 Å². The largest absolute Gasteiger partial charge is 0.337 e. The van der Waals surface area contributed by atoms with Crippen molar-refractivity contribution in [1.29, 1.82) is 0 Å². The molecule has 2 aromatic carbocycles. The molecule has 0 bridgehead atoms. The number of nitrogens with zero attached hydrogens (tertiary/aromatic N) is 2. The molecule has 1 aromatic heterocycles. The second kappa shape index (κ2) is 8.37. The van der Waals surface area contributed by atoms with E-state index in [0.29, 0.717) is 5.82 Å². The first-order valence-corrected chi connectivity index (χ1v) is 10.5. The van der Waals surface area contributed by atoms with E-state index in [1.54, 1.807) is 0 Å². The van der Waals surface area contributed by atoms with Gasteiger partial charge in [0.05, 0.1) is 11.4 Å². The Hall–Kier alpha value is -1.96. The van der Waals surface area contributed by atoms with Crippen molar-refractivity contribution in [1.82, 2.24) is 9.97 Å². The van der Waals surface area contributed by atoms with E-state index in [1.807, 2.05) is 54.6 Å². The average Bonchev–Trinajstić information content (AvgIpc) is 2.67. The molecular weight excluding hydrogens is 440 g/mol. The number of hydrogen-bond acceptors (Lipinski definition) is 6. The second-order valence-corrected chi connectivity index (χ2v) is 8.34. The first-order valence-electron chi connectivity index (χ1n) is 8.49. The number of aryl methyl sites for hydroxylation is 1. The van der Waals surface area contributed by atoms with Crippen molar-refractivity contribution in [3.63, 3.8) is 0 Å². The standard InChI is InChI=1S/C20H17BrN4S2/c21-13-8-10-16(11-9-13)27-25-20-19(22-14-4-3-5-15(26)12-14)23-17-6-1-2-7-18(17)24-20/h1,3-6,8-12,26H,2,7H2,(H,22,23)(H,24,25). The lowest BCUT2D eigenvalue weighted by Crippen LogP contribution is -2.08. The van der Waals surface area contributed by atoms with Crippen LogP contribution in [-0.2, 0) is 6.42 Å². The van der Waals surface area contributed by atoms with Gasteiger partial charge in [-0.05, 0) is 73.3 Å². The summed E-state index contributed by atoms with van der Waals surface area (Å²) in [5.74, 6) is 1.42. The molecule has 7 heteroatoms. The molecule has 0 atom stereocenters. The van der Waals surface area contributed by atoms with Crippen molar-refractivity contribution in [2.75, 3.05) is 10.0 Å². The van der Waals surface area contributed by atoms with E-state index < -0.39 is 0 Å². The van der Waals surface area contributed by atoms with Crippen LogP contribution >= 0.6 is 40.5 Å². The third-order valence-corrected chi connectivity index (χ3v) is 5.62. The topological polar surface area (TPSA) is 49.8 Å². The van der Waals surface area contributed by atoms with Crippen LogP contribution in [0.2, 0.25) is 0 Å². The predicted molar refractivity (Wildman–Crippen MR) is 120 cm³/mol. The summed E-state index contributed by atoms with van der Waals surface area (Å²) < 4.78 is 4.41. The molecule has 0 saturated heterocycles. The number of nitrogens with one attached hydrogen (secondary N) is 2. The smallest absolute Gasteiger partial charge is 0.180 e. The fourth-order valence-electron chi connectivity index (χ4n) is 2.70. The van der Waals surface area contributed by atoms with Gasteiger partial charge in [-0.25, -0.2) is 9.97 Å². The molecule has 3 aromatic rings. The van der Waals surface area contributed by atoms with E-state index in [0.717, 1.165) is 50.0 Å². The molecule has 4 rings (SSSR count). The number of halogens is 1. The summed E-state index contributed by atoms with van der Waals surface area (Å²) in [5.41, 5.74) is 2.86. The highest BCUT2D eigenvalue weighted by Crippen LogP contribution is 2.30. The number of aromatic nitrogens is 2. The van der Waals surface area contributed by atoms with Gasteiger partial charge >= 0.3 is 0 Å². The fraction of sp³-hybridized carbons (Fsp3) is 0.100. The summed E-state index contributed by atoms with van der Waals surface area (Å²) in [4.78, 5) is 11.6. The van der Waals surface area contributed by atoms with E-state index in [-0.39, 0.29) is 0 Å². The van der Waals surface area contributed by atoms with Crippen LogP contribution in [0.15, 0.2) is 68.9 Å². The monoisotopic (exact) mass is 456 g/mol. The Morgan fingerprint density at radius 1 is 1.04 bits per heavy atom. The summed E-state index contributed by atoms with van der Waals surface area (Å²) >= 11 is 9.39. The summed E-state index contributed by atoms with van der Waals surface area (Å²) in [6.45, 7) is 0. The third kappa shape index (κ3) is 4.66. The highest BCUT2D eigenvalue weighted by atomic mass is 79.9. The van der Waals surface area contributed by atoms with Crippen molar-refractivity contribution in [2.45, 2.75) is 22.6 Å². The summed E-state index contributed by atoms with van der Waals surface area (Å²) in [6, 6.07) is 16.0. The van der Waals surface area contributed by atoms with Gasteiger partial charge in [-0.3, -0.25) is 0 Å². The van der Waals surface area contributed by atoms with Gasteiger partial charge in [-0.1, -0.05) is 28.1 Å². The summed E-state index contributed by atoms with van der Waals surface area (Å²) in [6.07, 6.45) is 6.08. The van der Waals surface area contributed by atoms with E-state index in [1.165, 1.54) is 11.9 Å². The molecule has 0 aliphatic heterocycles. The molecule has 0 fully saturated rings. The Labute approximate surface area is 176 Å². The number of benzene rings is 2.